The summed E-state index contributed by atoms with van der Waals surface area (Å²) in [6.07, 6.45) is 3.19. The molecule has 14 heavy (non-hydrogen) atoms. The number of hydrogen-bond donors (Lipinski definition) is 0. The number of nitrogens with zero attached hydrogens (tertiary/aromatic N) is 2. The zero-order valence-electron chi connectivity index (χ0n) is 8.59. The van der Waals surface area contributed by atoms with Gasteiger partial charge in [0.1, 0.15) is 6.29 Å². The van der Waals surface area contributed by atoms with Crippen LogP contribution in [0.4, 0.5) is 0 Å². The Balaban J connectivity index is 2.77. The Morgan fingerprint density at radius 3 is 2.86 bits per heavy atom. The van der Waals surface area contributed by atoms with Gasteiger partial charge in [0.25, 0.3) is 0 Å². The van der Waals surface area contributed by atoms with Crippen LogP contribution in [0.3, 0.4) is 0 Å². The molecule has 0 aliphatic rings. The maximum Gasteiger partial charge on any atom is 0.120 e. The van der Waals surface area contributed by atoms with Gasteiger partial charge in [0.05, 0.1) is 16.4 Å². The van der Waals surface area contributed by atoms with Crippen LogP contribution in [0.2, 0.25) is 5.02 Å². The van der Waals surface area contributed by atoms with Crippen molar-refractivity contribution in [3.05, 3.63) is 16.4 Å². The lowest BCUT2D eigenvalue weighted by molar-refractivity contribution is -0.107. The highest BCUT2D eigenvalue weighted by molar-refractivity contribution is 6.31. The first-order chi connectivity index (χ1) is 6.70. The third-order valence-corrected chi connectivity index (χ3v) is 2.68. The molecule has 0 N–H and O–H groups in total. The molecule has 0 unspecified atom stereocenters. The second-order valence-corrected chi connectivity index (χ2v) is 3.60. The second kappa shape index (κ2) is 5.15. The molecule has 0 saturated carbocycles. The molecular formula is C10H15ClN2O. The lowest BCUT2D eigenvalue weighted by Crippen LogP contribution is -2.03. The first kappa shape index (κ1) is 11.2. The van der Waals surface area contributed by atoms with E-state index in [0.29, 0.717) is 6.42 Å². The van der Waals surface area contributed by atoms with Crippen LogP contribution in [0.25, 0.3) is 0 Å². The minimum absolute atomic E-state index is 0.588. The van der Waals surface area contributed by atoms with Gasteiger partial charge in [0.15, 0.2) is 0 Å². The van der Waals surface area contributed by atoms with Crippen molar-refractivity contribution in [2.24, 2.45) is 0 Å². The average Bonchev–Trinajstić information content (AvgIpc) is 2.45. The number of carbonyl (C=O) groups is 1. The second-order valence-electron chi connectivity index (χ2n) is 3.22. The molecule has 0 saturated heterocycles. The summed E-state index contributed by atoms with van der Waals surface area (Å²) in [4.78, 5) is 10.2. The molecule has 0 spiro atoms. The molecule has 0 atom stereocenters. The quantitative estimate of drug-likeness (QED) is 0.557. The molecule has 78 valence electrons. The monoisotopic (exact) mass is 214 g/mol. The molecule has 1 heterocycles. The fourth-order valence-electron chi connectivity index (χ4n) is 1.46. The van der Waals surface area contributed by atoms with Gasteiger partial charge in [-0.1, -0.05) is 11.6 Å². The van der Waals surface area contributed by atoms with Crippen molar-refractivity contribution < 1.29 is 4.79 Å². The van der Waals surface area contributed by atoms with E-state index in [1.54, 1.807) is 0 Å². The van der Waals surface area contributed by atoms with Gasteiger partial charge in [-0.3, -0.25) is 4.68 Å². The van der Waals surface area contributed by atoms with E-state index < -0.39 is 0 Å². The van der Waals surface area contributed by atoms with Gasteiger partial charge in [-0.15, -0.1) is 0 Å². The van der Waals surface area contributed by atoms with Gasteiger partial charge in [0.2, 0.25) is 0 Å². The summed E-state index contributed by atoms with van der Waals surface area (Å²) in [5.41, 5.74) is 1.92. The normalized spacial score (nSPS) is 10.5. The molecule has 1 aromatic rings. The van der Waals surface area contributed by atoms with E-state index >= 15 is 0 Å². The van der Waals surface area contributed by atoms with Crippen molar-refractivity contribution in [1.29, 1.82) is 0 Å². The summed E-state index contributed by atoms with van der Waals surface area (Å²) in [7, 11) is 0. The highest BCUT2D eigenvalue weighted by Gasteiger charge is 2.11. The maximum atomic E-state index is 10.2. The topological polar surface area (TPSA) is 34.9 Å². The maximum absolute atomic E-state index is 10.2. The van der Waals surface area contributed by atoms with Gasteiger partial charge in [-0.05, 0) is 26.7 Å². The molecule has 0 aromatic carbocycles. The zero-order chi connectivity index (χ0) is 10.6. The van der Waals surface area contributed by atoms with E-state index in [1.165, 1.54) is 0 Å². The van der Waals surface area contributed by atoms with Gasteiger partial charge >= 0.3 is 0 Å². The number of aryl methyl sites for hydroxylation is 2. The third kappa shape index (κ3) is 2.35. The predicted octanol–water partition coefficient (Wildman–Crippen LogP) is 2.39. The number of aromatic nitrogens is 2. The first-order valence-corrected chi connectivity index (χ1v) is 5.23. The Morgan fingerprint density at radius 2 is 2.29 bits per heavy atom. The number of hydrogen-bond acceptors (Lipinski definition) is 2. The summed E-state index contributed by atoms with van der Waals surface area (Å²) >= 11 is 6.10. The number of rotatable bonds is 5. The smallest absolute Gasteiger partial charge is 0.120 e. The average molecular weight is 215 g/mol. The van der Waals surface area contributed by atoms with Crippen LogP contribution in [0.1, 0.15) is 31.2 Å². The molecule has 0 amide bonds. The van der Waals surface area contributed by atoms with E-state index in [4.69, 9.17) is 11.6 Å². The van der Waals surface area contributed by atoms with E-state index in [9.17, 15) is 4.79 Å². The summed E-state index contributed by atoms with van der Waals surface area (Å²) < 4.78 is 1.91. The largest absolute Gasteiger partial charge is 0.303 e. The van der Waals surface area contributed by atoms with Gasteiger partial charge in [-0.25, -0.2) is 0 Å². The highest BCUT2D eigenvalue weighted by atomic mass is 35.5. The number of carbonyl (C=O) groups excluding carboxylic acids is 1. The van der Waals surface area contributed by atoms with Crippen molar-refractivity contribution in [2.75, 3.05) is 0 Å². The van der Waals surface area contributed by atoms with Crippen molar-refractivity contribution in [3.8, 4) is 0 Å². The van der Waals surface area contributed by atoms with Crippen LogP contribution in [-0.2, 0) is 17.8 Å². The molecule has 1 rings (SSSR count). The summed E-state index contributed by atoms with van der Waals surface area (Å²) in [5.74, 6) is 0. The SMILES string of the molecule is CCn1nc(C)c(Cl)c1CCCC=O. The Morgan fingerprint density at radius 1 is 1.57 bits per heavy atom. The minimum Gasteiger partial charge on any atom is -0.303 e. The van der Waals surface area contributed by atoms with Crippen LogP contribution in [-0.4, -0.2) is 16.1 Å². The fraction of sp³-hybridized carbons (Fsp3) is 0.600. The van der Waals surface area contributed by atoms with Crippen LogP contribution < -0.4 is 0 Å². The van der Waals surface area contributed by atoms with Crippen LogP contribution in [0.15, 0.2) is 0 Å². The Labute approximate surface area is 89.1 Å². The van der Waals surface area contributed by atoms with E-state index in [-0.39, 0.29) is 0 Å². The highest BCUT2D eigenvalue weighted by Crippen LogP contribution is 2.21. The molecule has 0 aliphatic heterocycles. The van der Waals surface area contributed by atoms with E-state index in [2.05, 4.69) is 5.10 Å². The molecule has 0 fully saturated rings. The molecular weight excluding hydrogens is 200 g/mol. The molecule has 3 nitrogen and oxygen atoms in total. The number of halogens is 1. The van der Waals surface area contributed by atoms with Crippen molar-refractivity contribution in [2.45, 2.75) is 39.7 Å². The van der Waals surface area contributed by atoms with Gasteiger partial charge < -0.3 is 4.79 Å². The lowest BCUT2D eigenvalue weighted by atomic mass is 10.2. The molecule has 4 heteroatoms. The first-order valence-electron chi connectivity index (χ1n) is 4.86. The minimum atomic E-state index is 0.588. The Bertz CT molecular complexity index is 320. The fourth-order valence-corrected chi connectivity index (χ4v) is 1.69. The third-order valence-electron chi connectivity index (χ3n) is 2.19. The van der Waals surface area contributed by atoms with Crippen LogP contribution in [0.5, 0.6) is 0 Å². The lowest BCUT2D eigenvalue weighted by Gasteiger charge is -2.03. The van der Waals surface area contributed by atoms with Gasteiger partial charge in [0, 0.05) is 13.0 Å². The Hall–Kier alpha value is -0.830. The standard InChI is InChI=1S/C10H15ClN2O/c1-3-13-9(6-4-5-7-14)10(11)8(2)12-13/h7H,3-6H2,1-2H3. The summed E-state index contributed by atoms with van der Waals surface area (Å²) in [5, 5.41) is 5.05. The number of unbranched alkanes of at least 4 members (excludes halogenated alkanes) is 1. The van der Waals surface area contributed by atoms with Crippen molar-refractivity contribution in [1.82, 2.24) is 9.78 Å². The molecule has 0 bridgehead atoms. The van der Waals surface area contributed by atoms with E-state index in [0.717, 1.165) is 42.1 Å². The summed E-state index contributed by atoms with van der Waals surface area (Å²) in [6.45, 7) is 4.76. The van der Waals surface area contributed by atoms with Crippen molar-refractivity contribution in [3.63, 3.8) is 0 Å². The Kier molecular flexibility index (Phi) is 4.14. The van der Waals surface area contributed by atoms with Crippen LogP contribution in [0, 0.1) is 6.92 Å². The predicted molar refractivity (Wildman–Crippen MR) is 56.7 cm³/mol. The van der Waals surface area contributed by atoms with Crippen molar-refractivity contribution >= 4 is 17.9 Å². The number of aldehydes is 1. The molecule has 1 aromatic heterocycles. The van der Waals surface area contributed by atoms with Crippen LogP contribution >= 0.6 is 11.6 Å². The van der Waals surface area contributed by atoms with E-state index in [1.807, 2.05) is 18.5 Å². The van der Waals surface area contributed by atoms with Gasteiger partial charge in [-0.2, -0.15) is 5.10 Å². The summed E-state index contributed by atoms with van der Waals surface area (Å²) in [6, 6.07) is 0. The molecule has 0 aliphatic carbocycles. The zero-order valence-corrected chi connectivity index (χ0v) is 9.34. The molecule has 0 radical (unpaired) electrons.